The molecule has 0 amide bonds. The minimum atomic E-state index is -3.99. The standard InChI is InChI=1S/C13H10ClFN2O2S2/c14-11-6-3-9(15)7-12(11)21(18,19)17-10-4-1-8(2-5-10)13(16)20/h1-7,17H,(H2,16,20). The van der Waals surface area contributed by atoms with E-state index in [0.29, 0.717) is 5.56 Å². The van der Waals surface area contributed by atoms with Crippen LogP contribution in [0, 0.1) is 5.82 Å². The fourth-order valence-corrected chi connectivity index (χ4v) is 3.30. The molecule has 8 heteroatoms. The average Bonchev–Trinajstić information content (AvgIpc) is 2.41. The molecular formula is C13H10ClFN2O2S2. The quantitative estimate of drug-likeness (QED) is 0.836. The summed E-state index contributed by atoms with van der Waals surface area (Å²) in [4.78, 5) is -0.125. The molecule has 0 fully saturated rings. The third-order valence-electron chi connectivity index (χ3n) is 2.60. The van der Waals surface area contributed by atoms with Gasteiger partial charge in [0.05, 0.1) is 5.02 Å². The van der Waals surface area contributed by atoms with Crippen LogP contribution in [0.25, 0.3) is 0 Å². The molecule has 0 bridgehead atoms. The molecular weight excluding hydrogens is 335 g/mol. The van der Waals surface area contributed by atoms with Gasteiger partial charge in [0.2, 0.25) is 0 Å². The topological polar surface area (TPSA) is 72.2 Å². The van der Waals surface area contributed by atoms with Crippen LogP contribution < -0.4 is 10.5 Å². The lowest BCUT2D eigenvalue weighted by molar-refractivity contribution is 0.595. The second-order valence-electron chi connectivity index (χ2n) is 4.12. The molecule has 0 atom stereocenters. The lowest BCUT2D eigenvalue weighted by Gasteiger charge is -2.10. The minimum Gasteiger partial charge on any atom is -0.389 e. The van der Waals surface area contributed by atoms with E-state index in [-0.39, 0.29) is 20.6 Å². The fourth-order valence-electron chi connectivity index (χ4n) is 1.60. The van der Waals surface area contributed by atoms with Crippen LogP contribution in [0.3, 0.4) is 0 Å². The van der Waals surface area contributed by atoms with E-state index in [1.165, 1.54) is 18.2 Å². The zero-order valence-corrected chi connectivity index (χ0v) is 12.9. The Morgan fingerprint density at radius 1 is 1.19 bits per heavy atom. The number of hydrogen-bond acceptors (Lipinski definition) is 3. The number of anilines is 1. The maximum absolute atomic E-state index is 13.2. The Hall–Kier alpha value is -1.70. The van der Waals surface area contributed by atoms with Gasteiger partial charge in [-0.3, -0.25) is 4.72 Å². The summed E-state index contributed by atoms with van der Waals surface area (Å²) in [5.41, 5.74) is 6.35. The van der Waals surface area contributed by atoms with Gasteiger partial charge in [0, 0.05) is 11.3 Å². The molecule has 0 aromatic heterocycles. The van der Waals surface area contributed by atoms with Crippen molar-refractivity contribution in [1.29, 1.82) is 0 Å². The van der Waals surface area contributed by atoms with Crippen LogP contribution in [0.4, 0.5) is 10.1 Å². The molecule has 2 aromatic carbocycles. The van der Waals surface area contributed by atoms with Gasteiger partial charge in [0.25, 0.3) is 10.0 Å². The third kappa shape index (κ3) is 3.69. The first-order valence-electron chi connectivity index (χ1n) is 5.67. The zero-order valence-electron chi connectivity index (χ0n) is 10.5. The predicted molar refractivity (Wildman–Crippen MR) is 84.5 cm³/mol. The highest BCUT2D eigenvalue weighted by molar-refractivity contribution is 7.92. The van der Waals surface area contributed by atoms with Gasteiger partial charge in [0.1, 0.15) is 15.7 Å². The molecule has 2 rings (SSSR count). The van der Waals surface area contributed by atoms with Crippen LogP contribution in [-0.2, 0) is 10.0 Å². The van der Waals surface area contributed by atoms with Crippen LogP contribution in [0.5, 0.6) is 0 Å². The van der Waals surface area contributed by atoms with Crippen molar-refractivity contribution in [3.8, 4) is 0 Å². The van der Waals surface area contributed by atoms with E-state index in [4.69, 9.17) is 29.6 Å². The van der Waals surface area contributed by atoms with E-state index in [9.17, 15) is 12.8 Å². The Morgan fingerprint density at radius 3 is 2.38 bits per heavy atom. The number of nitrogens with two attached hydrogens (primary N) is 1. The molecule has 110 valence electrons. The Balaban J connectivity index is 2.33. The summed E-state index contributed by atoms with van der Waals surface area (Å²) in [6.45, 7) is 0. The van der Waals surface area contributed by atoms with Crippen LogP contribution in [0.1, 0.15) is 5.56 Å². The van der Waals surface area contributed by atoms with Crippen molar-refractivity contribution >= 4 is 44.5 Å². The molecule has 0 spiro atoms. The summed E-state index contributed by atoms with van der Waals surface area (Å²) in [5, 5.41) is -0.0661. The molecule has 21 heavy (non-hydrogen) atoms. The van der Waals surface area contributed by atoms with E-state index >= 15 is 0 Å². The molecule has 2 aromatic rings. The highest BCUT2D eigenvalue weighted by Crippen LogP contribution is 2.24. The Kier molecular flexibility index (Phi) is 4.46. The van der Waals surface area contributed by atoms with Gasteiger partial charge in [-0.25, -0.2) is 12.8 Å². The second-order valence-corrected chi connectivity index (χ2v) is 6.62. The molecule has 0 saturated heterocycles. The molecule has 0 heterocycles. The fraction of sp³-hybridized carbons (Fsp3) is 0. The van der Waals surface area contributed by atoms with Crippen molar-refractivity contribution in [2.75, 3.05) is 4.72 Å². The van der Waals surface area contributed by atoms with Gasteiger partial charge in [-0.2, -0.15) is 0 Å². The number of halogens is 2. The number of rotatable bonds is 4. The normalized spacial score (nSPS) is 11.1. The van der Waals surface area contributed by atoms with E-state index in [2.05, 4.69) is 4.72 Å². The first kappa shape index (κ1) is 15.7. The monoisotopic (exact) mass is 344 g/mol. The highest BCUT2D eigenvalue weighted by Gasteiger charge is 2.19. The van der Waals surface area contributed by atoms with Gasteiger partial charge in [-0.05, 0) is 42.5 Å². The minimum absolute atomic E-state index is 0.0661. The largest absolute Gasteiger partial charge is 0.389 e. The van der Waals surface area contributed by atoms with E-state index in [1.54, 1.807) is 12.1 Å². The number of hydrogen-bond donors (Lipinski definition) is 2. The second kappa shape index (κ2) is 5.97. The maximum atomic E-state index is 13.2. The van der Waals surface area contributed by atoms with Gasteiger partial charge in [-0.15, -0.1) is 0 Å². The van der Waals surface area contributed by atoms with Crippen molar-refractivity contribution in [2.24, 2.45) is 5.73 Å². The van der Waals surface area contributed by atoms with Crippen molar-refractivity contribution in [2.45, 2.75) is 4.90 Å². The molecule has 0 saturated carbocycles. The number of nitrogens with one attached hydrogen (secondary N) is 1. The summed E-state index contributed by atoms with van der Waals surface area (Å²) in [6.07, 6.45) is 0. The van der Waals surface area contributed by atoms with Gasteiger partial charge in [-0.1, -0.05) is 23.8 Å². The maximum Gasteiger partial charge on any atom is 0.263 e. The van der Waals surface area contributed by atoms with Crippen molar-refractivity contribution in [1.82, 2.24) is 0 Å². The Labute approximate surface area is 131 Å². The molecule has 0 unspecified atom stereocenters. The summed E-state index contributed by atoms with van der Waals surface area (Å²) < 4.78 is 39.8. The number of benzene rings is 2. The summed E-state index contributed by atoms with van der Waals surface area (Å²) in [5.74, 6) is -0.691. The zero-order chi connectivity index (χ0) is 15.6. The molecule has 0 aliphatic rings. The van der Waals surface area contributed by atoms with Crippen molar-refractivity contribution in [3.05, 3.63) is 58.9 Å². The third-order valence-corrected chi connectivity index (χ3v) is 4.70. The number of sulfonamides is 1. The summed E-state index contributed by atoms with van der Waals surface area (Å²) in [7, 11) is -3.99. The first-order chi connectivity index (χ1) is 9.79. The van der Waals surface area contributed by atoms with E-state index in [1.807, 2.05) is 0 Å². The Bertz CT molecular complexity index is 792. The van der Waals surface area contributed by atoms with Gasteiger partial charge in [0.15, 0.2) is 0 Å². The van der Waals surface area contributed by atoms with E-state index in [0.717, 1.165) is 12.1 Å². The molecule has 0 aliphatic heterocycles. The van der Waals surface area contributed by atoms with Crippen LogP contribution in [0.15, 0.2) is 47.4 Å². The lowest BCUT2D eigenvalue weighted by Crippen LogP contribution is -2.14. The highest BCUT2D eigenvalue weighted by atomic mass is 35.5. The smallest absolute Gasteiger partial charge is 0.263 e. The molecule has 3 N–H and O–H groups in total. The van der Waals surface area contributed by atoms with Crippen LogP contribution >= 0.6 is 23.8 Å². The first-order valence-corrected chi connectivity index (χ1v) is 7.94. The van der Waals surface area contributed by atoms with E-state index < -0.39 is 15.8 Å². The molecule has 0 aliphatic carbocycles. The average molecular weight is 345 g/mol. The Morgan fingerprint density at radius 2 is 1.81 bits per heavy atom. The SMILES string of the molecule is NC(=S)c1ccc(NS(=O)(=O)c2cc(F)ccc2Cl)cc1. The summed E-state index contributed by atoms with van der Waals surface area (Å²) >= 11 is 10.6. The number of thiocarbonyl (C=S) groups is 1. The summed E-state index contributed by atoms with van der Waals surface area (Å²) in [6, 6.07) is 9.27. The lowest BCUT2D eigenvalue weighted by atomic mass is 10.2. The molecule has 4 nitrogen and oxygen atoms in total. The van der Waals surface area contributed by atoms with Gasteiger partial charge < -0.3 is 5.73 Å². The molecule has 0 radical (unpaired) electrons. The van der Waals surface area contributed by atoms with Crippen molar-refractivity contribution < 1.29 is 12.8 Å². The van der Waals surface area contributed by atoms with Crippen LogP contribution in [0.2, 0.25) is 5.02 Å². The van der Waals surface area contributed by atoms with Gasteiger partial charge >= 0.3 is 0 Å². The van der Waals surface area contributed by atoms with Crippen molar-refractivity contribution in [3.63, 3.8) is 0 Å². The predicted octanol–water partition coefficient (Wildman–Crippen LogP) is 2.91. The van der Waals surface area contributed by atoms with Crippen LogP contribution in [-0.4, -0.2) is 13.4 Å².